The molecule has 0 aliphatic heterocycles. The van der Waals surface area contributed by atoms with Gasteiger partial charge >= 0.3 is 0 Å². The van der Waals surface area contributed by atoms with Crippen molar-refractivity contribution in [3.63, 3.8) is 0 Å². The molecule has 0 aliphatic carbocycles. The predicted octanol–water partition coefficient (Wildman–Crippen LogP) is 4.59. The predicted molar refractivity (Wildman–Crippen MR) is 64.4 cm³/mol. The third-order valence-electron chi connectivity index (χ3n) is 2.46. The highest BCUT2D eigenvalue weighted by molar-refractivity contribution is 5.53. The van der Waals surface area contributed by atoms with E-state index in [1.165, 1.54) is 36.8 Å². The maximum absolute atomic E-state index is 2.29. The first-order valence-corrected chi connectivity index (χ1v) is 5.56. The summed E-state index contributed by atoms with van der Waals surface area (Å²) in [5, 5.41) is 0. The fraction of sp³-hybridized carbons (Fsp3) is 0.429. The van der Waals surface area contributed by atoms with Crippen molar-refractivity contribution in [1.29, 1.82) is 0 Å². The summed E-state index contributed by atoms with van der Waals surface area (Å²) in [4.78, 5) is 0. The van der Waals surface area contributed by atoms with Crippen LogP contribution in [0.3, 0.4) is 0 Å². The standard InChI is InChI=1S/C14H20/c1-3-4-5-6-7-11-14-12-9-8-10-13(14)2/h7-12H,3-6H2,1-2H3. The minimum Gasteiger partial charge on any atom is -0.0839 e. The Morgan fingerprint density at radius 3 is 2.64 bits per heavy atom. The van der Waals surface area contributed by atoms with E-state index in [-0.39, 0.29) is 0 Å². The van der Waals surface area contributed by atoms with Gasteiger partial charge in [0.15, 0.2) is 0 Å². The fourth-order valence-corrected chi connectivity index (χ4v) is 1.50. The minimum atomic E-state index is 1.21. The molecule has 0 spiro atoms. The van der Waals surface area contributed by atoms with E-state index >= 15 is 0 Å². The van der Waals surface area contributed by atoms with E-state index in [9.17, 15) is 0 Å². The second kappa shape index (κ2) is 6.42. The van der Waals surface area contributed by atoms with E-state index in [4.69, 9.17) is 0 Å². The number of aryl methyl sites for hydroxylation is 1. The summed E-state index contributed by atoms with van der Waals surface area (Å²) in [6.45, 7) is 4.40. The molecule has 0 aromatic heterocycles. The maximum atomic E-state index is 2.29. The highest BCUT2D eigenvalue weighted by Crippen LogP contribution is 2.10. The summed E-state index contributed by atoms with van der Waals surface area (Å²) in [7, 11) is 0. The molecule has 1 rings (SSSR count). The van der Waals surface area contributed by atoms with Crippen molar-refractivity contribution in [1.82, 2.24) is 0 Å². The van der Waals surface area contributed by atoms with Gasteiger partial charge in [-0.1, -0.05) is 56.2 Å². The molecule has 0 radical (unpaired) electrons. The number of hydrogen-bond donors (Lipinski definition) is 0. The fourth-order valence-electron chi connectivity index (χ4n) is 1.50. The highest BCUT2D eigenvalue weighted by Gasteiger charge is 1.89. The Morgan fingerprint density at radius 1 is 1.14 bits per heavy atom. The van der Waals surface area contributed by atoms with Gasteiger partial charge in [0.1, 0.15) is 0 Å². The van der Waals surface area contributed by atoms with Gasteiger partial charge in [0.05, 0.1) is 0 Å². The van der Waals surface area contributed by atoms with Gasteiger partial charge in [0, 0.05) is 0 Å². The van der Waals surface area contributed by atoms with Crippen LogP contribution in [0.4, 0.5) is 0 Å². The van der Waals surface area contributed by atoms with Crippen molar-refractivity contribution in [3.05, 3.63) is 41.5 Å². The van der Waals surface area contributed by atoms with Gasteiger partial charge in [-0.05, 0) is 30.9 Å². The van der Waals surface area contributed by atoms with Gasteiger partial charge in [-0.25, -0.2) is 0 Å². The van der Waals surface area contributed by atoms with E-state index < -0.39 is 0 Å². The molecule has 0 aliphatic rings. The third-order valence-corrected chi connectivity index (χ3v) is 2.46. The molecule has 0 saturated heterocycles. The zero-order valence-electron chi connectivity index (χ0n) is 9.29. The van der Waals surface area contributed by atoms with E-state index in [0.717, 1.165) is 0 Å². The molecule has 76 valence electrons. The average molecular weight is 188 g/mol. The number of unbranched alkanes of at least 4 members (excludes halogenated alkanes) is 3. The summed E-state index contributed by atoms with van der Waals surface area (Å²) in [6.07, 6.45) is 9.71. The number of benzene rings is 1. The van der Waals surface area contributed by atoms with Crippen molar-refractivity contribution < 1.29 is 0 Å². The molecule has 1 aromatic rings. The zero-order chi connectivity index (χ0) is 10.2. The molecule has 0 heteroatoms. The molecule has 0 saturated carbocycles. The third kappa shape index (κ3) is 3.78. The summed E-state index contributed by atoms with van der Waals surface area (Å²) in [5.74, 6) is 0. The summed E-state index contributed by atoms with van der Waals surface area (Å²) < 4.78 is 0. The summed E-state index contributed by atoms with van der Waals surface area (Å²) in [6, 6.07) is 8.51. The largest absolute Gasteiger partial charge is 0.0839 e. The highest BCUT2D eigenvalue weighted by atomic mass is 14.0. The Balaban J connectivity index is 2.40. The Labute approximate surface area is 87.7 Å². The molecule has 14 heavy (non-hydrogen) atoms. The normalized spacial score (nSPS) is 11.0. The van der Waals surface area contributed by atoms with E-state index in [2.05, 4.69) is 50.3 Å². The molecule has 0 atom stereocenters. The topological polar surface area (TPSA) is 0 Å². The Bertz CT molecular complexity index is 284. The monoisotopic (exact) mass is 188 g/mol. The lowest BCUT2D eigenvalue weighted by Gasteiger charge is -1.98. The van der Waals surface area contributed by atoms with Crippen LogP contribution in [0.1, 0.15) is 43.7 Å². The van der Waals surface area contributed by atoms with Gasteiger partial charge in [-0.15, -0.1) is 0 Å². The van der Waals surface area contributed by atoms with E-state index in [0.29, 0.717) is 0 Å². The first kappa shape index (κ1) is 11.0. The van der Waals surface area contributed by atoms with Crippen molar-refractivity contribution in [3.8, 4) is 0 Å². The minimum absolute atomic E-state index is 1.21. The van der Waals surface area contributed by atoms with Gasteiger partial charge in [-0.3, -0.25) is 0 Å². The molecule has 1 aromatic carbocycles. The van der Waals surface area contributed by atoms with Crippen LogP contribution in [0, 0.1) is 6.92 Å². The van der Waals surface area contributed by atoms with Crippen LogP contribution in [-0.2, 0) is 0 Å². The van der Waals surface area contributed by atoms with Crippen LogP contribution in [0.15, 0.2) is 30.3 Å². The van der Waals surface area contributed by atoms with Crippen molar-refractivity contribution in [2.24, 2.45) is 0 Å². The van der Waals surface area contributed by atoms with Crippen LogP contribution in [0.25, 0.3) is 6.08 Å². The second-order valence-corrected chi connectivity index (χ2v) is 3.75. The van der Waals surface area contributed by atoms with Crippen molar-refractivity contribution >= 4 is 6.08 Å². The first-order valence-electron chi connectivity index (χ1n) is 5.56. The molecule has 0 fully saturated rings. The van der Waals surface area contributed by atoms with E-state index in [1.807, 2.05) is 0 Å². The van der Waals surface area contributed by atoms with Gasteiger partial charge in [0.25, 0.3) is 0 Å². The Hall–Kier alpha value is -1.04. The van der Waals surface area contributed by atoms with Gasteiger partial charge in [-0.2, -0.15) is 0 Å². The van der Waals surface area contributed by atoms with Crippen molar-refractivity contribution in [2.75, 3.05) is 0 Å². The van der Waals surface area contributed by atoms with Crippen LogP contribution in [0.5, 0.6) is 0 Å². The SMILES string of the molecule is CCCCCC=Cc1ccccc1C. The van der Waals surface area contributed by atoms with Crippen LogP contribution >= 0.6 is 0 Å². The molecule has 0 N–H and O–H groups in total. The first-order chi connectivity index (χ1) is 6.84. The molecule has 0 unspecified atom stereocenters. The quantitative estimate of drug-likeness (QED) is 0.593. The zero-order valence-corrected chi connectivity index (χ0v) is 9.29. The molecule has 0 bridgehead atoms. The van der Waals surface area contributed by atoms with Gasteiger partial charge in [0.2, 0.25) is 0 Å². The van der Waals surface area contributed by atoms with Crippen LogP contribution in [0.2, 0.25) is 0 Å². The lowest BCUT2D eigenvalue weighted by Crippen LogP contribution is -1.78. The number of hydrogen-bond acceptors (Lipinski definition) is 0. The van der Waals surface area contributed by atoms with E-state index in [1.54, 1.807) is 0 Å². The molecule has 0 amide bonds. The van der Waals surface area contributed by atoms with Gasteiger partial charge < -0.3 is 0 Å². The lowest BCUT2D eigenvalue weighted by atomic mass is 10.1. The summed E-state index contributed by atoms with van der Waals surface area (Å²) in [5.41, 5.74) is 2.71. The van der Waals surface area contributed by atoms with Crippen molar-refractivity contribution in [2.45, 2.75) is 39.5 Å². The summed E-state index contributed by atoms with van der Waals surface area (Å²) >= 11 is 0. The second-order valence-electron chi connectivity index (χ2n) is 3.75. The smallest absolute Gasteiger partial charge is 0.0231 e. The molecular formula is C14H20. The average Bonchev–Trinajstić information content (AvgIpc) is 2.20. The molecular weight excluding hydrogens is 168 g/mol. The number of rotatable bonds is 5. The Kier molecular flexibility index (Phi) is 5.06. The molecule has 0 heterocycles. The lowest BCUT2D eigenvalue weighted by molar-refractivity contribution is 0.730. The van der Waals surface area contributed by atoms with Crippen LogP contribution < -0.4 is 0 Å². The number of allylic oxidation sites excluding steroid dienone is 1. The van der Waals surface area contributed by atoms with Crippen LogP contribution in [-0.4, -0.2) is 0 Å². The molecule has 0 nitrogen and oxygen atoms in total. The Morgan fingerprint density at radius 2 is 1.93 bits per heavy atom. The maximum Gasteiger partial charge on any atom is -0.0231 e.